The molecule has 58 heavy (non-hydrogen) atoms. The number of benzene rings is 4. The first kappa shape index (κ1) is 41.4. The van der Waals surface area contributed by atoms with Gasteiger partial charge in [-0.2, -0.15) is 0 Å². The fourth-order valence-corrected chi connectivity index (χ4v) is 10.3. The number of nitrogens with one attached hydrogen (secondary N) is 6. The van der Waals surface area contributed by atoms with Crippen LogP contribution in [0.15, 0.2) is 112 Å². The van der Waals surface area contributed by atoms with Crippen LogP contribution in [0.1, 0.15) is 0 Å². The Labute approximate surface area is 352 Å². The fraction of sp³-hybridized carbons (Fsp3) is 0.300. The molecule has 304 valence electrons. The normalized spacial score (nSPS) is 17.7. The van der Waals surface area contributed by atoms with Crippen molar-refractivity contribution in [1.82, 2.24) is 31.9 Å². The molecule has 0 aromatic heterocycles. The zero-order valence-electron chi connectivity index (χ0n) is 31.3. The molecular weight excluding hydrogens is 821 g/mol. The van der Waals surface area contributed by atoms with E-state index in [1.807, 2.05) is 72.8 Å². The Balaban J connectivity index is 1.43. The first-order valence-corrected chi connectivity index (χ1v) is 21.9. The van der Waals surface area contributed by atoms with Crippen LogP contribution in [0.4, 0.5) is 0 Å². The lowest BCUT2D eigenvalue weighted by atomic mass is 10.3. The summed E-state index contributed by atoms with van der Waals surface area (Å²) in [5.41, 5.74) is 0. The monoisotopic (exact) mass is 862 g/mol. The molecule has 3 heterocycles. The average molecular weight is 863 g/mol. The van der Waals surface area contributed by atoms with Gasteiger partial charge in [0.25, 0.3) is 23.6 Å². The van der Waals surface area contributed by atoms with Crippen molar-refractivity contribution in [3.05, 3.63) is 72.8 Å². The van der Waals surface area contributed by atoms with Crippen LogP contribution in [0.3, 0.4) is 0 Å². The van der Waals surface area contributed by atoms with Crippen LogP contribution in [-0.4, -0.2) is 102 Å². The predicted molar refractivity (Wildman–Crippen MR) is 222 cm³/mol. The number of rotatable bonds is 0. The smallest absolute Gasteiger partial charge is 0.257 e. The molecule has 12 bridgehead atoms. The third-order valence-electron chi connectivity index (χ3n) is 8.54. The van der Waals surface area contributed by atoms with E-state index >= 15 is 0 Å². The van der Waals surface area contributed by atoms with Gasteiger partial charge in [0.05, 0.1) is 39.2 Å². The fourth-order valence-electron chi connectivity index (χ4n) is 5.83. The van der Waals surface area contributed by atoms with Gasteiger partial charge in [-0.15, -0.1) is 0 Å². The van der Waals surface area contributed by atoms with Gasteiger partial charge in [-0.1, -0.05) is 71.3 Å². The van der Waals surface area contributed by atoms with E-state index in [2.05, 4.69) is 31.9 Å². The summed E-state index contributed by atoms with van der Waals surface area (Å²) in [5, 5.41) is 18.0. The molecule has 0 radical (unpaired) electrons. The van der Waals surface area contributed by atoms with E-state index in [0.717, 1.165) is 0 Å². The summed E-state index contributed by atoms with van der Waals surface area (Å²) in [5.74, 6) is 0.627. The lowest BCUT2D eigenvalue weighted by molar-refractivity contribution is -0.123. The topological polar surface area (TPSA) is 177 Å². The van der Waals surface area contributed by atoms with E-state index in [9.17, 15) is 19.2 Å². The zero-order valence-corrected chi connectivity index (χ0v) is 34.6. The highest BCUT2D eigenvalue weighted by Gasteiger charge is 2.24. The van der Waals surface area contributed by atoms with Crippen molar-refractivity contribution in [2.75, 3.05) is 78.8 Å². The Bertz CT molecular complexity index is 1770. The quantitative estimate of drug-likeness (QED) is 0.133. The molecule has 6 N–H and O–H groups in total. The van der Waals surface area contributed by atoms with Gasteiger partial charge in [0, 0.05) is 52.4 Å². The summed E-state index contributed by atoms with van der Waals surface area (Å²) in [6, 6.07) is 22.9. The first-order valence-electron chi connectivity index (χ1n) is 18.6. The predicted octanol–water partition coefficient (Wildman–Crippen LogP) is 3.79. The number of hydrogen-bond acceptors (Lipinski definition) is 14. The van der Waals surface area contributed by atoms with E-state index < -0.39 is 0 Å². The third kappa shape index (κ3) is 11.3. The molecule has 0 saturated heterocycles. The Kier molecular flexibility index (Phi) is 14.9. The third-order valence-corrected chi connectivity index (χ3v) is 12.9. The first-order chi connectivity index (χ1) is 28.4. The number of para-hydroxylation sites is 4. The second-order valence-electron chi connectivity index (χ2n) is 12.8. The van der Waals surface area contributed by atoms with Crippen molar-refractivity contribution in [1.29, 1.82) is 0 Å². The van der Waals surface area contributed by atoms with Crippen LogP contribution in [0, 0.1) is 0 Å². The molecule has 7 rings (SSSR count). The molecule has 0 spiro atoms. The number of amides is 4. The Morgan fingerprint density at radius 1 is 0.328 bits per heavy atom. The Morgan fingerprint density at radius 2 is 0.534 bits per heavy atom. The maximum absolute atomic E-state index is 13.1. The van der Waals surface area contributed by atoms with E-state index in [-0.39, 0.29) is 50.1 Å². The van der Waals surface area contributed by atoms with Gasteiger partial charge >= 0.3 is 0 Å². The number of carbonyl (C=O) groups is 4. The van der Waals surface area contributed by atoms with Gasteiger partial charge in [-0.05, 0) is 48.5 Å². The molecule has 0 atom stereocenters. The maximum atomic E-state index is 13.1. The number of ether oxygens (including phenoxy) is 4. The summed E-state index contributed by atoms with van der Waals surface area (Å²) >= 11 is 5.51. The second kappa shape index (κ2) is 20.8. The lowest BCUT2D eigenvalue weighted by Crippen LogP contribution is -2.38. The molecule has 14 nitrogen and oxygen atoms in total. The molecule has 4 aromatic rings. The molecule has 3 aliphatic heterocycles. The van der Waals surface area contributed by atoms with Crippen LogP contribution < -0.4 is 50.8 Å². The molecule has 0 unspecified atom stereocenters. The van der Waals surface area contributed by atoms with Gasteiger partial charge in [0.1, 0.15) is 23.0 Å². The van der Waals surface area contributed by atoms with E-state index in [1.54, 1.807) is 0 Å². The Morgan fingerprint density at radius 3 is 0.741 bits per heavy atom. The van der Waals surface area contributed by atoms with Crippen molar-refractivity contribution < 1.29 is 38.1 Å². The summed E-state index contributed by atoms with van der Waals surface area (Å²) < 4.78 is 25.6. The van der Waals surface area contributed by atoms with E-state index in [4.69, 9.17) is 18.9 Å². The van der Waals surface area contributed by atoms with Gasteiger partial charge in [0.15, 0.2) is 26.4 Å². The average Bonchev–Trinajstić information content (AvgIpc) is 3.21. The summed E-state index contributed by atoms with van der Waals surface area (Å²) in [6.45, 7) is 2.33. The minimum absolute atomic E-state index is 0.258. The second-order valence-corrected chi connectivity index (χ2v) is 17.1. The summed E-state index contributed by atoms with van der Waals surface area (Å²) in [7, 11) is 0. The van der Waals surface area contributed by atoms with E-state index in [0.29, 0.717) is 115 Å². The highest BCUT2D eigenvalue weighted by Crippen LogP contribution is 2.53. The molecule has 18 heteroatoms. The van der Waals surface area contributed by atoms with Gasteiger partial charge < -0.3 is 50.8 Å². The lowest BCUT2D eigenvalue weighted by Gasteiger charge is -2.21. The van der Waals surface area contributed by atoms with Crippen molar-refractivity contribution in [2.45, 2.75) is 39.2 Å². The standard InChI is InChI=1S/C40H42N6O8S4/c47-33-21-51-37-25-5-1-6-26(37)56-28-8-3-10-30-39(28)53-23-35(49)45-19-15-42-14-18-44-34(48)22-52-38-27(55-25)7-2-9-29(38)57-31-11-4-12-32(58-30)40(31)54-24-36(50)46-20-16-41-13-17-43-33/h1-12,41-42H,13-24H2,(H,43,47)(H,44,48)(H,45,49)(H,46,50). The highest BCUT2D eigenvalue weighted by molar-refractivity contribution is 8.01. The van der Waals surface area contributed by atoms with Crippen molar-refractivity contribution in [3.63, 3.8) is 0 Å². The van der Waals surface area contributed by atoms with Gasteiger partial charge in [-0.3, -0.25) is 19.2 Å². The molecule has 0 saturated carbocycles. The minimum atomic E-state index is -0.311. The van der Waals surface area contributed by atoms with Crippen molar-refractivity contribution >= 4 is 70.7 Å². The molecule has 0 aliphatic carbocycles. The van der Waals surface area contributed by atoms with Crippen LogP contribution in [-0.2, 0) is 19.2 Å². The van der Waals surface area contributed by atoms with Crippen molar-refractivity contribution in [3.8, 4) is 23.0 Å². The summed E-state index contributed by atoms with van der Waals surface area (Å²) in [6.07, 6.45) is 0. The molecular formula is C40H42N6O8S4. The van der Waals surface area contributed by atoms with E-state index in [1.165, 1.54) is 47.0 Å². The van der Waals surface area contributed by atoms with Crippen LogP contribution in [0.2, 0.25) is 0 Å². The van der Waals surface area contributed by atoms with Crippen molar-refractivity contribution in [2.24, 2.45) is 0 Å². The molecule has 3 aliphatic rings. The molecule has 4 aromatic carbocycles. The van der Waals surface area contributed by atoms with Crippen LogP contribution in [0.5, 0.6) is 23.0 Å². The minimum Gasteiger partial charge on any atom is -0.481 e. The Hall–Kier alpha value is -4.72. The SMILES string of the molecule is O=C1COc2c3cccc2Sc2cccc4c2OCC(=O)NCCNCCNC(=O)COc2c(cccc2Sc2cccc(c2OCC(=O)NCCNCCN1)S4)S3. The number of carbonyl (C=O) groups excluding carboxylic acids is 4. The highest BCUT2D eigenvalue weighted by atomic mass is 32.2. The van der Waals surface area contributed by atoms with Gasteiger partial charge in [0.2, 0.25) is 0 Å². The zero-order chi connectivity index (χ0) is 40.1. The molecule has 0 fully saturated rings. The largest absolute Gasteiger partial charge is 0.481 e. The van der Waals surface area contributed by atoms with Gasteiger partial charge in [-0.25, -0.2) is 0 Å². The maximum Gasteiger partial charge on any atom is 0.257 e. The summed E-state index contributed by atoms with van der Waals surface area (Å²) in [4.78, 5) is 58.1. The van der Waals surface area contributed by atoms with Crippen LogP contribution in [0.25, 0.3) is 0 Å². The van der Waals surface area contributed by atoms with Crippen LogP contribution >= 0.6 is 47.0 Å². The number of hydrogen-bond donors (Lipinski definition) is 6. The molecule has 4 amide bonds.